The molecule has 0 aromatic carbocycles. The summed E-state index contributed by atoms with van der Waals surface area (Å²) in [6.45, 7) is 0.158. The third-order valence-corrected chi connectivity index (χ3v) is 3.31. The first-order valence-electron chi connectivity index (χ1n) is 6.56. The van der Waals surface area contributed by atoms with Gasteiger partial charge >= 0.3 is 12.0 Å². The molecule has 0 spiro atoms. The molecule has 0 aromatic heterocycles. The lowest BCUT2D eigenvalue weighted by Gasteiger charge is -2.22. The standard InChI is InChI=1S/C12H21N3O4/c13-10(16)6-7-14-12(19)15-9-5-3-1-2-4-8(9)11(17)18/h8-9H,1-7H2,(H2,13,16)(H,17,18)(H2,14,15,19). The van der Waals surface area contributed by atoms with Gasteiger partial charge in [-0.1, -0.05) is 19.3 Å². The number of urea groups is 1. The van der Waals surface area contributed by atoms with Crippen molar-refractivity contribution in [2.45, 2.75) is 44.6 Å². The number of hydrogen-bond acceptors (Lipinski definition) is 3. The number of nitrogens with one attached hydrogen (secondary N) is 2. The molecule has 0 heterocycles. The van der Waals surface area contributed by atoms with Gasteiger partial charge in [-0.2, -0.15) is 0 Å². The van der Waals surface area contributed by atoms with E-state index in [0.29, 0.717) is 12.8 Å². The van der Waals surface area contributed by atoms with Gasteiger partial charge in [-0.25, -0.2) is 4.79 Å². The number of carbonyl (C=O) groups excluding carboxylic acids is 2. The summed E-state index contributed by atoms with van der Waals surface area (Å²) in [7, 11) is 0. The van der Waals surface area contributed by atoms with Crippen LogP contribution in [0, 0.1) is 5.92 Å². The van der Waals surface area contributed by atoms with Crippen LogP contribution >= 0.6 is 0 Å². The number of aliphatic carboxylic acids is 1. The van der Waals surface area contributed by atoms with Crippen LogP contribution in [0.5, 0.6) is 0 Å². The number of rotatable bonds is 5. The average Bonchev–Trinajstić information content (AvgIpc) is 2.53. The molecule has 2 atom stereocenters. The number of carbonyl (C=O) groups is 3. The predicted molar refractivity (Wildman–Crippen MR) is 68.3 cm³/mol. The molecular formula is C12H21N3O4. The minimum Gasteiger partial charge on any atom is -0.481 e. The summed E-state index contributed by atoms with van der Waals surface area (Å²) < 4.78 is 0. The van der Waals surface area contributed by atoms with Gasteiger partial charge in [0.1, 0.15) is 0 Å². The van der Waals surface area contributed by atoms with E-state index in [-0.39, 0.29) is 19.0 Å². The number of nitrogens with two attached hydrogens (primary N) is 1. The summed E-state index contributed by atoms with van der Waals surface area (Å²) in [5.41, 5.74) is 4.96. The Morgan fingerprint density at radius 1 is 1.16 bits per heavy atom. The van der Waals surface area contributed by atoms with Crippen molar-refractivity contribution < 1.29 is 19.5 Å². The van der Waals surface area contributed by atoms with E-state index in [1.54, 1.807) is 0 Å². The normalized spacial score (nSPS) is 23.2. The summed E-state index contributed by atoms with van der Waals surface area (Å²) >= 11 is 0. The first-order chi connectivity index (χ1) is 9.00. The second kappa shape index (κ2) is 7.60. The van der Waals surface area contributed by atoms with E-state index < -0.39 is 23.8 Å². The van der Waals surface area contributed by atoms with E-state index in [2.05, 4.69) is 10.6 Å². The van der Waals surface area contributed by atoms with E-state index in [0.717, 1.165) is 19.3 Å². The molecule has 0 aliphatic heterocycles. The quantitative estimate of drug-likeness (QED) is 0.533. The lowest BCUT2D eigenvalue weighted by molar-refractivity contribution is -0.142. The van der Waals surface area contributed by atoms with Gasteiger partial charge in [0.25, 0.3) is 0 Å². The van der Waals surface area contributed by atoms with E-state index in [4.69, 9.17) is 10.8 Å². The predicted octanol–water partition coefficient (Wildman–Crippen LogP) is 0.194. The maximum absolute atomic E-state index is 11.6. The van der Waals surface area contributed by atoms with Crippen molar-refractivity contribution in [3.63, 3.8) is 0 Å². The van der Waals surface area contributed by atoms with Crippen molar-refractivity contribution in [3.05, 3.63) is 0 Å². The molecule has 0 radical (unpaired) electrons. The maximum atomic E-state index is 11.6. The zero-order chi connectivity index (χ0) is 14.3. The molecule has 7 heteroatoms. The summed E-state index contributed by atoms with van der Waals surface area (Å²) in [5.74, 6) is -1.90. The summed E-state index contributed by atoms with van der Waals surface area (Å²) in [5, 5.41) is 14.3. The molecular weight excluding hydrogens is 250 g/mol. The van der Waals surface area contributed by atoms with E-state index >= 15 is 0 Å². The zero-order valence-corrected chi connectivity index (χ0v) is 10.9. The van der Waals surface area contributed by atoms with Crippen LogP contribution in [0.15, 0.2) is 0 Å². The van der Waals surface area contributed by atoms with Crippen LogP contribution in [0.25, 0.3) is 0 Å². The molecule has 1 saturated carbocycles. The van der Waals surface area contributed by atoms with Crippen LogP contribution in [-0.2, 0) is 9.59 Å². The Hall–Kier alpha value is -1.79. The molecule has 5 N–H and O–H groups in total. The SMILES string of the molecule is NC(=O)CCNC(=O)NC1CCCCCC1C(=O)O. The topological polar surface area (TPSA) is 122 Å². The Bertz CT molecular complexity index is 346. The Labute approximate surface area is 111 Å². The maximum Gasteiger partial charge on any atom is 0.315 e. The fourth-order valence-electron chi connectivity index (χ4n) is 2.29. The second-order valence-corrected chi connectivity index (χ2v) is 4.81. The largest absolute Gasteiger partial charge is 0.481 e. The number of carboxylic acids is 1. The van der Waals surface area contributed by atoms with Gasteiger partial charge in [0, 0.05) is 19.0 Å². The summed E-state index contributed by atoms with van der Waals surface area (Å²) in [6, 6.07) is -0.798. The highest BCUT2D eigenvalue weighted by atomic mass is 16.4. The van der Waals surface area contributed by atoms with Gasteiger partial charge in [-0.15, -0.1) is 0 Å². The number of carboxylic acid groups (broad SMARTS) is 1. The fraction of sp³-hybridized carbons (Fsp3) is 0.750. The fourth-order valence-corrected chi connectivity index (χ4v) is 2.29. The van der Waals surface area contributed by atoms with Crippen LogP contribution in [0.2, 0.25) is 0 Å². The first kappa shape index (κ1) is 15.3. The Morgan fingerprint density at radius 2 is 1.84 bits per heavy atom. The molecule has 0 aromatic rings. The highest BCUT2D eigenvalue weighted by Crippen LogP contribution is 2.23. The third-order valence-electron chi connectivity index (χ3n) is 3.31. The van der Waals surface area contributed by atoms with Gasteiger partial charge in [-0.05, 0) is 12.8 Å². The minimum atomic E-state index is -0.871. The molecule has 1 aliphatic rings. The second-order valence-electron chi connectivity index (χ2n) is 4.81. The van der Waals surface area contributed by atoms with Gasteiger partial charge in [-0.3, -0.25) is 9.59 Å². The van der Waals surface area contributed by atoms with E-state index in [1.165, 1.54) is 0 Å². The Morgan fingerprint density at radius 3 is 2.47 bits per heavy atom. The molecule has 19 heavy (non-hydrogen) atoms. The number of amides is 3. The van der Waals surface area contributed by atoms with Crippen LogP contribution in [0.1, 0.15) is 38.5 Å². The van der Waals surface area contributed by atoms with E-state index in [1.807, 2.05) is 0 Å². The summed E-state index contributed by atoms with van der Waals surface area (Å²) in [6.07, 6.45) is 4.10. The van der Waals surface area contributed by atoms with Gasteiger partial charge in [0.05, 0.1) is 5.92 Å². The van der Waals surface area contributed by atoms with Crippen molar-refractivity contribution in [1.82, 2.24) is 10.6 Å². The average molecular weight is 271 g/mol. The molecule has 1 rings (SSSR count). The molecule has 7 nitrogen and oxygen atoms in total. The number of hydrogen-bond donors (Lipinski definition) is 4. The van der Waals surface area contributed by atoms with Gasteiger partial charge in [0.2, 0.25) is 5.91 Å². The van der Waals surface area contributed by atoms with Gasteiger partial charge < -0.3 is 21.5 Å². The Kier molecular flexibility index (Phi) is 6.11. The monoisotopic (exact) mass is 271 g/mol. The van der Waals surface area contributed by atoms with Crippen molar-refractivity contribution >= 4 is 17.9 Å². The molecule has 3 amide bonds. The molecule has 0 saturated heterocycles. The summed E-state index contributed by atoms with van der Waals surface area (Å²) in [4.78, 5) is 33.3. The Balaban J connectivity index is 2.44. The lowest BCUT2D eigenvalue weighted by atomic mass is 9.95. The van der Waals surface area contributed by atoms with Crippen molar-refractivity contribution in [2.75, 3.05) is 6.54 Å². The van der Waals surface area contributed by atoms with Crippen LogP contribution < -0.4 is 16.4 Å². The minimum absolute atomic E-state index is 0.0699. The first-order valence-corrected chi connectivity index (χ1v) is 6.56. The zero-order valence-electron chi connectivity index (χ0n) is 10.9. The highest BCUT2D eigenvalue weighted by molar-refractivity contribution is 5.78. The highest BCUT2D eigenvalue weighted by Gasteiger charge is 2.30. The molecule has 2 unspecified atom stereocenters. The van der Waals surface area contributed by atoms with Crippen molar-refractivity contribution in [1.29, 1.82) is 0 Å². The van der Waals surface area contributed by atoms with Crippen molar-refractivity contribution in [3.8, 4) is 0 Å². The van der Waals surface area contributed by atoms with Crippen molar-refractivity contribution in [2.24, 2.45) is 11.7 Å². The molecule has 0 bridgehead atoms. The smallest absolute Gasteiger partial charge is 0.315 e. The number of primary amides is 1. The van der Waals surface area contributed by atoms with Crippen LogP contribution in [0.4, 0.5) is 4.79 Å². The molecule has 108 valence electrons. The van der Waals surface area contributed by atoms with Crippen LogP contribution in [-0.4, -0.2) is 35.6 Å². The van der Waals surface area contributed by atoms with Gasteiger partial charge in [0.15, 0.2) is 0 Å². The molecule has 1 fully saturated rings. The third kappa shape index (κ3) is 5.58. The lowest BCUT2D eigenvalue weighted by Crippen LogP contribution is -2.47. The van der Waals surface area contributed by atoms with Crippen LogP contribution in [0.3, 0.4) is 0 Å². The molecule has 1 aliphatic carbocycles. The van der Waals surface area contributed by atoms with E-state index in [9.17, 15) is 14.4 Å².